The first-order chi connectivity index (χ1) is 9.72. The van der Waals surface area contributed by atoms with Crippen molar-refractivity contribution in [3.8, 4) is 0 Å². The largest absolute Gasteiger partial charge is 0.396 e. The Kier molecular flexibility index (Phi) is 5.56. The van der Waals surface area contributed by atoms with Crippen molar-refractivity contribution in [1.82, 2.24) is 4.90 Å². The summed E-state index contributed by atoms with van der Waals surface area (Å²) in [5.74, 6) is 0.122. The highest BCUT2D eigenvalue weighted by molar-refractivity contribution is 5.95. The molecule has 0 aliphatic carbocycles. The molecule has 1 amide bonds. The quantitative estimate of drug-likeness (QED) is 0.837. The molecule has 110 valence electrons. The number of aliphatic hydroxyl groups is 1. The van der Waals surface area contributed by atoms with E-state index in [0.717, 1.165) is 37.1 Å². The number of piperidine rings is 1. The lowest BCUT2D eigenvalue weighted by Gasteiger charge is -2.32. The first-order valence-corrected chi connectivity index (χ1v) is 7.29. The van der Waals surface area contributed by atoms with Crippen LogP contribution < -0.4 is 0 Å². The van der Waals surface area contributed by atoms with Crippen LogP contribution in [0.5, 0.6) is 0 Å². The van der Waals surface area contributed by atoms with E-state index in [4.69, 9.17) is 9.84 Å². The van der Waals surface area contributed by atoms with Crippen molar-refractivity contribution in [2.75, 3.05) is 26.3 Å². The van der Waals surface area contributed by atoms with Gasteiger partial charge in [-0.1, -0.05) is 18.2 Å². The molecule has 1 fully saturated rings. The molecule has 0 radical (unpaired) electrons. The lowest BCUT2D eigenvalue weighted by Crippen LogP contribution is -2.41. The Bertz CT molecular complexity index is 439. The van der Waals surface area contributed by atoms with Gasteiger partial charge in [0.2, 0.25) is 0 Å². The Morgan fingerprint density at radius 3 is 2.70 bits per heavy atom. The topological polar surface area (TPSA) is 49.8 Å². The zero-order valence-electron chi connectivity index (χ0n) is 12.0. The van der Waals surface area contributed by atoms with Gasteiger partial charge in [-0.2, -0.15) is 0 Å². The molecule has 0 saturated carbocycles. The molecule has 20 heavy (non-hydrogen) atoms. The van der Waals surface area contributed by atoms with Crippen molar-refractivity contribution >= 4 is 5.91 Å². The van der Waals surface area contributed by atoms with Crippen molar-refractivity contribution in [1.29, 1.82) is 0 Å². The van der Waals surface area contributed by atoms with Gasteiger partial charge in [-0.3, -0.25) is 4.79 Å². The molecule has 2 rings (SSSR count). The van der Waals surface area contributed by atoms with Crippen LogP contribution in [0.4, 0.5) is 0 Å². The average molecular weight is 277 g/mol. The number of hydrogen-bond donors (Lipinski definition) is 1. The SMILES string of the molecule is Cc1ccccc1C(=O)N1CCC(OCCCO)CC1. The molecule has 1 N–H and O–H groups in total. The summed E-state index contributed by atoms with van der Waals surface area (Å²) in [6, 6.07) is 7.72. The number of nitrogens with zero attached hydrogens (tertiary/aromatic N) is 1. The highest BCUT2D eigenvalue weighted by atomic mass is 16.5. The van der Waals surface area contributed by atoms with Crippen molar-refractivity contribution in [3.05, 3.63) is 35.4 Å². The fraction of sp³-hybridized carbons (Fsp3) is 0.562. The highest BCUT2D eigenvalue weighted by Gasteiger charge is 2.24. The van der Waals surface area contributed by atoms with Crippen molar-refractivity contribution < 1.29 is 14.6 Å². The van der Waals surface area contributed by atoms with Crippen LogP contribution in [0.25, 0.3) is 0 Å². The Labute approximate surface area is 120 Å². The summed E-state index contributed by atoms with van der Waals surface area (Å²) in [6.07, 6.45) is 2.66. The predicted octanol–water partition coefficient (Wildman–Crippen LogP) is 2.00. The zero-order chi connectivity index (χ0) is 14.4. The van der Waals surface area contributed by atoms with Gasteiger partial charge in [0.05, 0.1) is 6.10 Å². The molecule has 4 heteroatoms. The second kappa shape index (κ2) is 7.41. The number of amides is 1. The van der Waals surface area contributed by atoms with Crippen LogP contribution in [-0.4, -0.2) is 48.3 Å². The van der Waals surface area contributed by atoms with E-state index in [2.05, 4.69) is 0 Å². The highest BCUT2D eigenvalue weighted by Crippen LogP contribution is 2.18. The summed E-state index contributed by atoms with van der Waals surface area (Å²) in [5, 5.41) is 8.73. The Morgan fingerprint density at radius 2 is 2.05 bits per heavy atom. The molecule has 0 unspecified atom stereocenters. The second-order valence-corrected chi connectivity index (χ2v) is 5.25. The van der Waals surface area contributed by atoms with Crippen LogP contribution in [0.15, 0.2) is 24.3 Å². The third-order valence-corrected chi connectivity index (χ3v) is 3.76. The normalized spacial score (nSPS) is 16.4. The molecule has 1 saturated heterocycles. The maximum atomic E-state index is 12.4. The minimum absolute atomic E-state index is 0.122. The second-order valence-electron chi connectivity index (χ2n) is 5.25. The van der Waals surface area contributed by atoms with Crippen LogP contribution in [0.1, 0.15) is 35.2 Å². The van der Waals surface area contributed by atoms with E-state index in [9.17, 15) is 4.79 Å². The summed E-state index contributed by atoms with van der Waals surface area (Å²) >= 11 is 0. The first-order valence-electron chi connectivity index (χ1n) is 7.29. The van der Waals surface area contributed by atoms with Crippen LogP contribution in [0.2, 0.25) is 0 Å². The van der Waals surface area contributed by atoms with Crippen LogP contribution in [0, 0.1) is 6.92 Å². The molecular weight excluding hydrogens is 254 g/mol. The van der Waals surface area contributed by atoms with Crippen molar-refractivity contribution in [2.24, 2.45) is 0 Å². The Balaban J connectivity index is 1.85. The number of benzene rings is 1. The van der Waals surface area contributed by atoms with E-state index in [1.165, 1.54) is 0 Å². The summed E-state index contributed by atoms with van der Waals surface area (Å²) < 4.78 is 5.68. The molecule has 1 aliphatic rings. The van der Waals surface area contributed by atoms with Crippen LogP contribution in [0.3, 0.4) is 0 Å². The molecule has 1 aromatic rings. The fourth-order valence-electron chi connectivity index (χ4n) is 2.52. The lowest BCUT2D eigenvalue weighted by atomic mass is 10.0. The number of ether oxygens (including phenoxy) is 1. The summed E-state index contributed by atoms with van der Waals surface area (Å²) in [6.45, 7) is 4.24. The summed E-state index contributed by atoms with van der Waals surface area (Å²) in [5.41, 5.74) is 1.82. The van der Waals surface area contributed by atoms with Gasteiger partial charge in [0.1, 0.15) is 0 Å². The molecule has 1 aromatic carbocycles. The van der Waals surface area contributed by atoms with Gasteiger partial charge in [-0.15, -0.1) is 0 Å². The molecule has 1 heterocycles. The van der Waals surface area contributed by atoms with Gasteiger partial charge in [-0.05, 0) is 37.8 Å². The smallest absolute Gasteiger partial charge is 0.254 e. The van der Waals surface area contributed by atoms with Gasteiger partial charge in [0.15, 0.2) is 0 Å². The van der Waals surface area contributed by atoms with E-state index in [0.29, 0.717) is 13.0 Å². The van der Waals surface area contributed by atoms with Gasteiger partial charge in [0.25, 0.3) is 5.91 Å². The Hall–Kier alpha value is -1.39. The number of rotatable bonds is 5. The fourth-order valence-corrected chi connectivity index (χ4v) is 2.52. The first kappa shape index (κ1) is 15.0. The molecular formula is C16H23NO3. The lowest BCUT2D eigenvalue weighted by molar-refractivity contribution is 0.00396. The standard InChI is InChI=1S/C16H23NO3/c1-13-5-2-3-6-15(13)16(19)17-9-7-14(8-10-17)20-12-4-11-18/h2-3,5-6,14,18H,4,7-12H2,1H3. The van der Waals surface area contributed by atoms with Gasteiger partial charge < -0.3 is 14.7 Å². The number of carbonyl (C=O) groups is 1. The summed E-state index contributed by atoms with van der Waals surface area (Å²) in [7, 11) is 0. The van der Waals surface area contributed by atoms with E-state index < -0.39 is 0 Å². The molecule has 0 spiro atoms. The average Bonchev–Trinajstić information content (AvgIpc) is 2.48. The Morgan fingerprint density at radius 1 is 1.35 bits per heavy atom. The van der Waals surface area contributed by atoms with E-state index in [1.54, 1.807) is 0 Å². The van der Waals surface area contributed by atoms with Gasteiger partial charge in [-0.25, -0.2) is 0 Å². The molecule has 1 aliphatic heterocycles. The number of likely N-dealkylation sites (tertiary alicyclic amines) is 1. The number of hydrogen-bond acceptors (Lipinski definition) is 3. The van der Waals surface area contributed by atoms with Crippen molar-refractivity contribution in [3.63, 3.8) is 0 Å². The third-order valence-electron chi connectivity index (χ3n) is 3.76. The third kappa shape index (κ3) is 3.81. The van der Waals surface area contributed by atoms with Gasteiger partial charge >= 0.3 is 0 Å². The maximum Gasteiger partial charge on any atom is 0.254 e. The number of aryl methyl sites for hydroxylation is 1. The van der Waals surface area contributed by atoms with Crippen LogP contribution in [-0.2, 0) is 4.74 Å². The van der Waals surface area contributed by atoms with E-state index in [-0.39, 0.29) is 18.6 Å². The van der Waals surface area contributed by atoms with E-state index >= 15 is 0 Å². The van der Waals surface area contributed by atoms with Crippen LogP contribution >= 0.6 is 0 Å². The molecule has 4 nitrogen and oxygen atoms in total. The monoisotopic (exact) mass is 277 g/mol. The molecule has 0 aromatic heterocycles. The van der Waals surface area contributed by atoms with E-state index in [1.807, 2.05) is 36.1 Å². The number of carbonyl (C=O) groups excluding carboxylic acids is 1. The molecule has 0 bridgehead atoms. The predicted molar refractivity (Wildman–Crippen MR) is 77.8 cm³/mol. The van der Waals surface area contributed by atoms with Crippen molar-refractivity contribution in [2.45, 2.75) is 32.3 Å². The zero-order valence-corrected chi connectivity index (χ0v) is 12.0. The molecule has 0 atom stereocenters. The number of aliphatic hydroxyl groups excluding tert-OH is 1. The maximum absolute atomic E-state index is 12.4. The minimum atomic E-state index is 0.122. The van der Waals surface area contributed by atoms with Gasteiger partial charge in [0, 0.05) is 31.9 Å². The summed E-state index contributed by atoms with van der Waals surface area (Å²) in [4.78, 5) is 14.4. The minimum Gasteiger partial charge on any atom is -0.396 e.